The Morgan fingerprint density at radius 3 is 2.52 bits per heavy atom. The number of nitrogens with zero attached hydrogens (tertiary/aromatic N) is 1. The van der Waals surface area contributed by atoms with Crippen molar-refractivity contribution in [3.8, 4) is 0 Å². The highest BCUT2D eigenvalue weighted by Gasteiger charge is 2.31. The van der Waals surface area contributed by atoms with E-state index in [2.05, 4.69) is 19.2 Å². The number of carbonyl (C=O) groups excluding carboxylic acids is 1. The van der Waals surface area contributed by atoms with Crippen molar-refractivity contribution in [1.82, 2.24) is 9.62 Å². The minimum atomic E-state index is -3.16. The molecule has 1 aromatic carbocycles. The summed E-state index contributed by atoms with van der Waals surface area (Å²) in [6.07, 6.45) is 1.14. The Hall–Kier alpha value is -1.11. The Labute approximate surface area is 155 Å². The summed E-state index contributed by atoms with van der Waals surface area (Å²) < 4.78 is 25.3. The summed E-state index contributed by atoms with van der Waals surface area (Å²) in [5.41, 5.74) is 0.844. The fraction of sp³-hybridized carbons (Fsp3) is 0.611. The van der Waals surface area contributed by atoms with E-state index in [-0.39, 0.29) is 23.0 Å². The smallest absolute Gasteiger partial charge is 0.223 e. The molecule has 1 heterocycles. The molecule has 0 saturated carbocycles. The van der Waals surface area contributed by atoms with Gasteiger partial charge in [0.1, 0.15) is 0 Å². The molecule has 140 valence electrons. The molecule has 0 unspecified atom stereocenters. The van der Waals surface area contributed by atoms with Gasteiger partial charge in [0.2, 0.25) is 15.9 Å². The average molecular weight is 387 g/mol. The molecule has 1 fully saturated rings. The van der Waals surface area contributed by atoms with Gasteiger partial charge in [-0.05, 0) is 37.5 Å². The van der Waals surface area contributed by atoms with E-state index in [0.29, 0.717) is 37.5 Å². The molecule has 0 radical (unpaired) electrons. The topological polar surface area (TPSA) is 66.5 Å². The van der Waals surface area contributed by atoms with E-state index < -0.39 is 10.0 Å². The Kier molecular flexibility index (Phi) is 6.51. The average Bonchev–Trinajstić information content (AvgIpc) is 2.60. The van der Waals surface area contributed by atoms with Gasteiger partial charge in [-0.1, -0.05) is 37.6 Å². The third kappa shape index (κ3) is 5.19. The fourth-order valence-electron chi connectivity index (χ4n) is 3.04. The van der Waals surface area contributed by atoms with Gasteiger partial charge in [-0.25, -0.2) is 12.7 Å². The maximum absolute atomic E-state index is 12.5. The number of nitrogens with one attached hydrogen (secondary N) is 1. The fourth-order valence-corrected chi connectivity index (χ4v) is 4.37. The highest BCUT2D eigenvalue weighted by molar-refractivity contribution is 7.89. The van der Waals surface area contributed by atoms with Crippen LogP contribution < -0.4 is 5.32 Å². The number of carbonyl (C=O) groups is 1. The molecule has 0 aliphatic carbocycles. The number of piperidine rings is 1. The second-order valence-electron chi connectivity index (χ2n) is 7.19. The van der Waals surface area contributed by atoms with Gasteiger partial charge >= 0.3 is 0 Å². The summed E-state index contributed by atoms with van der Waals surface area (Å²) in [7, 11) is -3.16. The number of hydrogen-bond donors (Lipinski definition) is 1. The number of halogens is 1. The zero-order chi connectivity index (χ0) is 18.7. The summed E-state index contributed by atoms with van der Waals surface area (Å²) >= 11 is 6.06. The van der Waals surface area contributed by atoms with Crippen molar-refractivity contribution in [2.24, 2.45) is 5.92 Å². The van der Waals surface area contributed by atoms with Crippen molar-refractivity contribution >= 4 is 27.5 Å². The van der Waals surface area contributed by atoms with Gasteiger partial charge in [0.05, 0.1) is 5.75 Å². The highest BCUT2D eigenvalue weighted by atomic mass is 35.5. The van der Waals surface area contributed by atoms with Crippen LogP contribution in [0.1, 0.15) is 39.2 Å². The van der Waals surface area contributed by atoms with E-state index >= 15 is 0 Å². The summed E-state index contributed by atoms with van der Waals surface area (Å²) in [5, 5.41) is 3.71. The number of sulfonamides is 1. The molecule has 2 rings (SSSR count). The number of hydrogen-bond acceptors (Lipinski definition) is 3. The van der Waals surface area contributed by atoms with Crippen LogP contribution in [0.2, 0.25) is 5.02 Å². The molecule has 7 heteroatoms. The molecule has 0 bridgehead atoms. The molecule has 25 heavy (non-hydrogen) atoms. The molecule has 5 nitrogen and oxygen atoms in total. The molecule has 1 N–H and O–H groups in total. The SMILES string of the molecule is CCS(=O)(=O)N1CCC(C(=O)NCC(C)(C)c2cccc(Cl)c2)CC1. The van der Waals surface area contributed by atoms with E-state index in [0.717, 1.165) is 5.56 Å². The van der Waals surface area contributed by atoms with Gasteiger partial charge in [-0.3, -0.25) is 4.79 Å². The largest absolute Gasteiger partial charge is 0.355 e. The van der Waals surface area contributed by atoms with Crippen LogP contribution in [0.15, 0.2) is 24.3 Å². The van der Waals surface area contributed by atoms with Gasteiger partial charge in [0, 0.05) is 36.0 Å². The highest BCUT2D eigenvalue weighted by Crippen LogP contribution is 2.26. The lowest BCUT2D eigenvalue weighted by Gasteiger charge is -2.31. The number of benzene rings is 1. The maximum atomic E-state index is 12.5. The van der Waals surface area contributed by atoms with Crippen molar-refractivity contribution in [3.63, 3.8) is 0 Å². The van der Waals surface area contributed by atoms with Gasteiger partial charge < -0.3 is 5.32 Å². The van der Waals surface area contributed by atoms with E-state index in [1.165, 1.54) is 4.31 Å². The first-order valence-electron chi connectivity index (χ1n) is 8.67. The van der Waals surface area contributed by atoms with Crippen molar-refractivity contribution in [1.29, 1.82) is 0 Å². The van der Waals surface area contributed by atoms with E-state index in [1.807, 2.05) is 24.3 Å². The second kappa shape index (κ2) is 8.06. The van der Waals surface area contributed by atoms with Crippen LogP contribution in [0, 0.1) is 5.92 Å². The first-order valence-corrected chi connectivity index (χ1v) is 10.7. The molecule has 1 aromatic rings. The Bertz CT molecular complexity index is 711. The summed E-state index contributed by atoms with van der Waals surface area (Å²) in [5.74, 6) is -0.0142. The number of amides is 1. The van der Waals surface area contributed by atoms with E-state index in [1.54, 1.807) is 6.92 Å². The molecular formula is C18H27ClN2O3S. The quantitative estimate of drug-likeness (QED) is 0.817. The van der Waals surface area contributed by atoms with Gasteiger partial charge in [-0.15, -0.1) is 0 Å². The van der Waals surface area contributed by atoms with Gasteiger partial charge in [0.25, 0.3) is 0 Å². The maximum Gasteiger partial charge on any atom is 0.223 e. The predicted molar refractivity (Wildman–Crippen MR) is 101 cm³/mol. The molecule has 1 amide bonds. The minimum Gasteiger partial charge on any atom is -0.355 e. The standard InChI is InChI=1S/C18H27ClN2O3S/c1-4-25(23,24)21-10-8-14(9-11-21)17(22)20-13-18(2,3)15-6-5-7-16(19)12-15/h5-7,12,14H,4,8-11,13H2,1-3H3,(H,20,22). The second-order valence-corrected chi connectivity index (χ2v) is 9.88. The zero-order valence-corrected chi connectivity index (χ0v) is 16.7. The summed E-state index contributed by atoms with van der Waals surface area (Å²) in [4.78, 5) is 12.5. The van der Waals surface area contributed by atoms with Crippen LogP contribution in [0.3, 0.4) is 0 Å². The van der Waals surface area contributed by atoms with Crippen LogP contribution in [-0.2, 0) is 20.2 Å². The Morgan fingerprint density at radius 1 is 1.32 bits per heavy atom. The molecule has 0 spiro atoms. The van der Waals surface area contributed by atoms with Crippen LogP contribution >= 0.6 is 11.6 Å². The molecule has 0 atom stereocenters. The number of rotatable bonds is 6. The monoisotopic (exact) mass is 386 g/mol. The lowest BCUT2D eigenvalue weighted by molar-refractivity contribution is -0.126. The Balaban J connectivity index is 1.89. The van der Waals surface area contributed by atoms with Gasteiger partial charge in [0.15, 0.2) is 0 Å². The first-order chi connectivity index (χ1) is 11.7. The molecular weight excluding hydrogens is 360 g/mol. The lowest BCUT2D eigenvalue weighted by Crippen LogP contribution is -2.45. The molecule has 1 aliphatic rings. The third-order valence-corrected chi connectivity index (χ3v) is 7.01. The van der Waals surface area contributed by atoms with Crippen LogP contribution in [0.5, 0.6) is 0 Å². The van der Waals surface area contributed by atoms with Crippen LogP contribution in [0.4, 0.5) is 0 Å². The first kappa shape index (κ1) is 20.2. The van der Waals surface area contributed by atoms with Crippen molar-refractivity contribution in [2.75, 3.05) is 25.4 Å². The van der Waals surface area contributed by atoms with Crippen molar-refractivity contribution in [3.05, 3.63) is 34.9 Å². The van der Waals surface area contributed by atoms with Crippen molar-refractivity contribution < 1.29 is 13.2 Å². The van der Waals surface area contributed by atoms with Crippen LogP contribution in [0.25, 0.3) is 0 Å². The van der Waals surface area contributed by atoms with E-state index in [4.69, 9.17) is 11.6 Å². The van der Waals surface area contributed by atoms with Crippen LogP contribution in [-0.4, -0.2) is 44.0 Å². The zero-order valence-electron chi connectivity index (χ0n) is 15.1. The Morgan fingerprint density at radius 2 is 1.96 bits per heavy atom. The minimum absolute atomic E-state index is 0.00338. The summed E-state index contributed by atoms with van der Waals surface area (Å²) in [6, 6.07) is 7.66. The normalized spacial score (nSPS) is 17.4. The van der Waals surface area contributed by atoms with Gasteiger partial charge in [-0.2, -0.15) is 0 Å². The molecule has 0 aromatic heterocycles. The molecule has 1 saturated heterocycles. The summed E-state index contributed by atoms with van der Waals surface area (Å²) in [6.45, 7) is 7.13. The molecule has 1 aliphatic heterocycles. The van der Waals surface area contributed by atoms with Crippen molar-refractivity contribution in [2.45, 2.75) is 39.0 Å². The van der Waals surface area contributed by atoms with E-state index in [9.17, 15) is 13.2 Å². The predicted octanol–water partition coefficient (Wildman–Crippen LogP) is 2.80. The lowest BCUT2D eigenvalue weighted by atomic mass is 9.84. The third-order valence-electron chi connectivity index (χ3n) is 4.89.